The maximum Gasteiger partial charge on any atom is 0.325 e. The number of piperazine rings is 1. The summed E-state index contributed by atoms with van der Waals surface area (Å²) < 4.78 is 10.9. The van der Waals surface area contributed by atoms with Crippen molar-refractivity contribution in [2.24, 2.45) is 0 Å². The first kappa shape index (κ1) is 12.1. The summed E-state index contributed by atoms with van der Waals surface area (Å²) in [4.78, 5) is 0. The van der Waals surface area contributed by atoms with Gasteiger partial charge >= 0.3 is 9.28 Å². The molecule has 0 saturated carbocycles. The van der Waals surface area contributed by atoms with Crippen LogP contribution in [0, 0.1) is 0 Å². The molecule has 0 amide bonds. The summed E-state index contributed by atoms with van der Waals surface area (Å²) in [6.07, 6.45) is 1.12. The van der Waals surface area contributed by atoms with Gasteiger partial charge in [-0.2, -0.15) is 0 Å². The normalized spacial score (nSPS) is 25.3. The second-order valence-electron chi connectivity index (χ2n) is 3.68. The summed E-state index contributed by atoms with van der Waals surface area (Å²) in [5, 5.41) is 6.93. The fourth-order valence-electron chi connectivity index (χ4n) is 2.09. The number of nitrogens with one attached hydrogen (secondary N) is 2. The predicted molar refractivity (Wildman–Crippen MR) is 59.9 cm³/mol. The molecule has 4 nitrogen and oxygen atoms in total. The van der Waals surface area contributed by atoms with E-state index >= 15 is 0 Å². The molecule has 0 aromatic rings. The van der Waals surface area contributed by atoms with E-state index in [1.807, 2.05) is 0 Å². The zero-order valence-electron chi connectivity index (χ0n) is 9.38. The lowest BCUT2D eigenvalue weighted by molar-refractivity contribution is 0.245. The van der Waals surface area contributed by atoms with Crippen molar-refractivity contribution in [3.05, 3.63) is 0 Å². The average Bonchev–Trinajstić information content (AvgIpc) is 2.27. The van der Waals surface area contributed by atoms with E-state index in [4.69, 9.17) is 8.85 Å². The summed E-state index contributed by atoms with van der Waals surface area (Å²) in [5.41, 5.74) is 0.554. The molecule has 2 unspecified atom stereocenters. The van der Waals surface area contributed by atoms with Gasteiger partial charge in [0.2, 0.25) is 0 Å². The average molecular weight is 218 g/mol. The van der Waals surface area contributed by atoms with Crippen LogP contribution in [-0.4, -0.2) is 49.2 Å². The number of hydrogen-bond donors (Lipinski definition) is 2. The van der Waals surface area contributed by atoms with Crippen LogP contribution in [0.25, 0.3) is 0 Å². The monoisotopic (exact) mass is 218 g/mol. The highest BCUT2D eigenvalue weighted by Crippen LogP contribution is 2.21. The molecule has 2 atom stereocenters. The van der Waals surface area contributed by atoms with Crippen LogP contribution in [0.4, 0.5) is 0 Å². The van der Waals surface area contributed by atoms with Crippen LogP contribution >= 0.6 is 0 Å². The van der Waals surface area contributed by atoms with Crippen LogP contribution < -0.4 is 10.6 Å². The molecule has 5 heteroatoms. The molecule has 1 heterocycles. The molecule has 1 saturated heterocycles. The Labute approximate surface area is 88.2 Å². The minimum absolute atomic E-state index is 0.519. The lowest BCUT2D eigenvalue weighted by atomic mass is 10.1. The van der Waals surface area contributed by atoms with Crippen molar-refractivity contribution in [1.82, 2.24) is 10.6 Å². The first-order chi connectivity index (χ1) is 6.83. The summed E-state index contributed by atoms with van der Waals surface area (Å²) in [7, 11) is 2.04. The third-order valence-corrected chi connectivity index (χ3v) is 5.44. The molecule has 84 valence electrons. The van der Waals surface area contributed by atoms with E-state index in [-0.39, 0.29) is 0 Å². The van der Waals surface area contributed by atoms with Crippen LogP contribution in [0.3, 0.4) is 0 Å². The summed E-state index contributed by atoms with van der Waals surface area (Å²) in [6, 6.07) is 0.519. The minimum atomic E-state index is -1.48. The fourth-order valence-corrected chi connectivity index (χ4v) is 4.02. The van der Waals surface area contributed by atoms with E-state index in [2.05, 4.69) is 17.6 Å². The van der Waals surface area contributed by atoms with Gasteiger partial charge in [0, 0.05) is 45.4 Å². The Morgan fingerprint density at radius 1 is 1.36 bits per heavy atom. The number of hydrogen-bond acceptors (Lipinski definition) is 4. The van der Waals surface area contributed by atoms with Gasteiger partial charge in [0.15, 0.2) is 0 Å². The highest BCUT2D eigenvalue weighted by molar-refractivity contribution is 6.46. The van der Waals surface area contributed by atoms with Crippen molar-refractivity contribution in [3.8, 4) is 0 Å². The quantitative estimate of drug-likeness (QED) is 0.629. The molecule has 2 N–H and O–H groups in total. The Balaban J connectivity index is 2.49. The largest absolute Gasteiger partial charge is 0.400 e. The van der Waals surface area contributed by atoms with Crippen LogP contribution in [0.15, 0.2) is 0 Å². The van der Waals surface area contributed by atoms with Crippen LogP contribution in [-0.2, 0) is 8.85 Å². The predicted octanol–water partition coefficient (Wildman–Crippen LogP) is -0.159. The maximum atomic E-state index is 5.45. The smallest absolute Gasteiger partial charge is 0.325 e. The molecule has 0 radical (unpaired) electrons. The van der Waals surface area contributed by atoms with Gasteiger partial charge in [0.25, 0.3) is 0 Å². The Morgan fingerprint density at radius 2 is 2.07 bits per heavy atom. The fraction of sp³-hybridized carbons (Fsp3) is 1.00. The molecule has 0 bridgehead atoms. The lowest BCUT2D eigenvalue weighted by Gasteiger charge is -2.33. The zero-order chi connectivity index (χ0) is 10.4. The van der Waals surface area contributed by atoms with Gasteiger partial charge in [0.1, 0.15) is 0 Å². The van der Waals surface area contributed by atoms with Gasteiger partial charge in [-0.1, -0.05) is 13.3 Å². The van der Waals surface area contributed by atoms with Crippen molar-refractivity contribution < 1.29 is 8.85 Å². The topological polar surface area (TPSA) is 42.5 Å². The molecule has 1 fully saturated rings. The Morgan fingerprint density at radius 3 is 2.50 bits per heavy atom. The highest BCUT2D eigenvalue weighted by Gasteiger charge is 2.31. The molecule has 1 aliphatic rings. The summed E-state index contributed by atoms with van der Waals surface area (Å²) >= 11 is 0. The molecular formula is C9H22N2O2Si. The highest BCUT2D eigenvalue weighted by atomic mass is 28.3. The van der Waals surface area contributed by atoms with E-state index in [0.717, 1.165) is 26.1 Å². The van der Waals surface area contributed by atoms with Gasteiger partial charge in [-0.3, -0.25) is 0 Å². The molecule has 0 spiro atoms. The summed E-state index contributed by atoms with van der Waals surface area (Å²) in [5.74, 6) is 0. The molecule has 14 heavy (non-hydrogen) atoms. The lowest BCUT2D eigenvalue weighted by Crippen LogP contribution is -2.53. The standard InChI is InChI=1S/C9H22N2O2Si/c1-4-9(14(12-2)13-3)8-7-10-5-6-11-8/h8-11,14H,4-7H2,1-3H3. The third-order valence-electron chi connectivity index (χ3n) is 2.87. The Hall–Kier alpha value is 0.0569. The second kappa shape index (κ2) is 6.52. The first-order valence-corrected chi connectivity index (χ1v) is 6.94. The molecular weight excluding hydrogens is 196 g/mol. The molecule has 1 aliphatic heterocycles. The van der Waals surface area contributed by atoms with Gasteiger partial charge in [-0.05, 0) is 0 Å². The third kappa shape index (κ3) is 3.03. The molecule has 0 aliphatic carbocycles. The van der Waals surface area contributed by atoms with E-state index in [9.17, 15) is 0 Å². The van der Waals surface area contributed by atoms with Crippen LogP contribution in [0.5, 0.6) is 0 Å². The van der Waals surface area contributed by atoms with E-state index in [1.165, 1.54) is 0 Å². The van der Waals surface area contributed by atoms with Gasteiger partial charge in [-0.25, -0.2) is 0 Å². The van der Waals surface area contributed by atoms with Crippen molar-refractivity contribution in [2.45, 2.75) is 24.9 Å². The van der Waals surface area contributed by atoms with E-state index in [1.54, 1.807) is 14.2 Å². The zero-order valence-corrected chi connectivity index (χ0v) is 10.5. The van der Waals surface area contributed by atoms with Gasteiger partial charge in [0.05, 0.1) is 0 Å². The summed E-state index contributed by atoms with van der Waals surface area (Å²) in [6.45, 7) is 5.36. The van der Waals surface area contributed by atoms with Crippen LogP contribution in [0.1, 0.15) is 13.3 Å². The molecule has 1 rings (SSSR count). The first-order valence-electron chi connectivity index (χ1n) is 5.33. The van der Waals surface area contributed by atoms with Gasteiger partial charge in [-0.15, -0.1) is 0 Å². The molecule has 0 aromatic carbocycles. The SMILES string of the molecule is CCC(C1CNCCN1)[SiH](OC)OC. The van der Waals surface area contributed by atoms with Crippen molar-refractivity contribution >= 4 is 9.28 Å². The van der Waals surface area contributed by atoms with E-state index in [0.29, 0.717) is 11.6 Å². The second-order valence-corrected chi connectivity index (χ2v) is 6.21. The van der Waals surface area contributed by atoms with Crippen molar-refractivity contribution in [1.29, 1.82) is 0 Å². The number of rotatable bonds is 5. The Bertz CT molecular complexity index is 150. The molecule has 0 aromatic heterocycles. The Kier molecular flexibility index (Phi) is 5.65. The van der Waals surface area contributed by atoms with E-state index < -0.39 is 9.28 Å². The minimum Gasteiger partial charge on any atom is -0.400 e. The van der Waals surface area contributed by atoms with Crippen molar-refractivity contribution in [2.75, 3.05) is 33.9 Å². The van der Waals surface area contributed by atoms with Crippen molar-refractivity contribution in [3.63, 3.8) is 0 Å². The maximum absolute atomic E-state index is 5.45. The van der Waals surface area contributed by atoms with Crippen LogP contribution in [0.2, 0.25) is 5.54 Å². The van der Waals surface area contributed by atoms with Gasteiger partial charge < -0.3 is 19.5 Å².